The minimum atomic E-state index is -0.420. The smallest absolute Gasteiger partial charge is 0.190 e. The lowest BCUT2D eigenvalue weighted by Gasteiger charge is -2.27. The van der Waals surface area contributed by atoms with Gasteiger partial charge in [-0.15, -0.1) is 0 Å². The number of ether oxygens (including phenoxy) is 2. The fraction of sp³-hybridized carbons (Fsp3) is 0.562. The van der Waals surface area contributed by atoms with Crippen LogP contribution in [-0.2, 0) is 4.79 Å². The summed E-state index contributed by atoms with van der Waals surface area (Å²) in [5.74, 6) is 2.18. The molecule has 1 unspecified atom stereocenters. The molecule has 1 saturated carbocycles. The van der Waals surface area contributed by atoms with Crippen molar-refractivity contribution in [1.29, 1.82) is 0 Å². The van der Waals surface area contributed by atoms with Gasteiger partial charge in [-0.25, -0.2) is 0 Å². The molecule has 102 valence electrons. The highest BCUT2D eigenvalue weighted by Gasteiger charge is 2.29. The zero-order valence-corrected chi connectivity index (χ0v) is 11.1. The lowest BCUT2D eigenvalue weighted by molar-refractivity contribution is -0.129. The molecule has 0 amide bonds. The van der Waals surface area contributed by atoms with Gasteiger partial charge in [-0.05, 0) is 18.1 Å². The van der Waals surface area contributed by atoms with Gasteiger partial charge in [0.25, 0.3) is 0 Å². The van der Waals surface area contributed by atoms with Crippen molar-refractivity contribution in [3.05, 3.63) is 24.3 Å². The third-order valence-corrected chi connectivity index (χ3v) is 4.08. The van der Waals surface area contributed by atoms with E-state index in [1.807, 2.05) is 24.3 Å². The Bertz CT molecular complexity index is 449. The summed E-state index contributed by atoms with van der Waals surface area (Å²) < 4.78 is 11.4. The number of hydrogen-bond acceptors (Lipinski definition) is 3. The van der Waals surface area contributed by atoms with Gasteiger partial charge in [0.2, 0.25) is 0 Å². The molecule has 19 heavy (non-hydrogen) atoms. The molecule has 3 rings (SSSR count). The third-order valence-electron chi connectivity index (χ3n) is 4.08. The summed E-state index contributed by atoms with van der Waals surface area (Å²) in [4.78, 5) is 12.3. The zero-order chi connectivity index (χ0) is 13.1. The highest BCUT2D eigenvalue weighted by molar-refractivity contribution is 5.84. The molecule has 0 saturated heterocycles. The van der Waals surface area contributed by atoms with Crippen molar-refractivity contribution < 1.29 is 14.3 Å². The zero-order valence-electron chi connectivity index (χ0n) is 11.1. The maximum Gasteiger partial charge on any atom is 0.190 e. The summed E-state index contributed by atoms with van der Waals surface area (Å²) in [6.45, 7) is 0.350. The molecule has 2 aliphatic rings. The standard InChI is InChI=1S/C16H20O3/c17-13(10-12-6-2-1-3-7-12)16-11-18-14-8-4-5-9-15(14)19-16/h4-5,8-9,12,16H,1-3,6-7,10-11H2. The Hall–Kier alpha value is -1.51. The summed E-state index contributed by atoms with van der Waals surface area (Å²) in [5, 5.41) is 0. The number of carbonyl (C=O) groups excluding carboxylic acids is 1. The molecule has 3 heteroatoms. The molecule has 1 atom stereocenters. The minimum Gasteiger partial charge on any atom is -0.485 e. The normalized spacial score (nSPS) is 23.1. The minimum absolute atomic E-state index is 0.196. The SMILES string of the molecule is O=C(CC1CCCCC1)C1COc2ccccc2O1. The Morgan fingerprint density at radius 2 is 1.84 bits per heavy atom. The number of para-hydroxylation sites is 2. The van der Waals surface area contributed by atoms with Gasteiger partial charge in [0.15, 0.2) is 23.4 Å². The highest BCUT2D eigenvalue weighted by Crippen LogP contribution is 2.32. The van der Waals surface area contributed by atoms with Crippen LogP contribution in [0.3, 0.4) is 0 Å². The van der Waals surface area contributed by atoms with Crippen LogP contribution in [0.15, 0.2) is 24.3 Å². The average molecular weight is 260 g/mol. The lowest BCUT2D eigenvalue weighted by atomic mass is 9.85. The number of benzene rings is 1. The summed E-state index contributed by atoms with van der Waals surface area (Å²) in [5.41, 5.74) is 0. The second-order valence-corrected chi connectivity index (χ2v) is 5.54. The molecule has 0 spiro atoms. The van der Waals surface area contributed by atoms with Crippen LogP contribution in [0.4, 0.5) is 0 Å². The van der Waals surface area contributed by atoms with E-state index in [1.54, 1.807) is 0 Å². The Kier molecular flexibility index (Phi) is 3.72. The predicted octanol–water partition coefficient (Wildman–Crippen LogP) is 3.37. The summed E-state index contributed by atoms with van der Waals surface area (Å²) >= 11 is 0. The molecule has 1 aliphatic heterocycles. The van der Waals surface area contributed by atoms with Gasteiger partial charge in [0, 0.05) is 6.42 Å². The topological polar surface area (TPSA) is 35.5 Å². The molecule has 1 heterocycles. The second kappa shape index (κ2) is 5.64. The van der Waals surface area contributed by atoms with Gasteiger partial charge in [0.1, 0.15) is 6.61 Å². The lowest BCUT2D eigenvalue weighted by Crippen LogP contribution is -2.37. The van der Waals surface area contributed by atoms with Crippen LogP contribution in [-0.4, -0.2) is 18.5 Å². The molecule has 1 aromatic rings. The Balaban J connectivity index is 1.59. The summed E-state index contributed by atoms with van der Waals surface area (Å²) in [6.07, 6.45) is 6.46. The van der Waals surface area contributed by atoms with Crippen LogP contribution >= 0.6 is 0 Å². The first-order valence-electron chi connectivity index (χ1n) is 7.24. The van der Waals surface area contributed by atoms with Crippen LogP contribution in [0.25, 0.3) is 0 Å². The van der Waals surface area contributed by atoms with Gasteiger partial charge in [0.05, 0.1) is 0 Å². The van der Waals surface area contributed by atoms with Crippen molar-refractivity contribution >= 4 is 5.78 Å². The fourth-order valence-electron chi connectivity index (χ4n) is 2.99. The maximum absolute atomic E-state index is 12.3. The van der Waals surface area contributed by atoms with Crippen molar-refractivity contribution in [2.45, 2.75) is 44.6 Å². The van der Waals surface area contributed by atoms with Gasteiger partial charge in [-0.3, -0.25) is 4.79 Å². The first-order valence-corrected chi connectivity index (χ1v) is 7.24. The van der Waals surface area contributed by atoms with E-state index in [2.05, 4.69) is 0 Å². The Morgan fingerprint density at radius 3 is 2.63 bits per heavy atom. The molecule has 0 N–H and O–H groups in total. The molecule has 1 aromatic carbocycles. The van der Waals surface area contributed by atoms with E-state index in [0.29, 0.717) is 24.7 Å². The van der Waals surface area contributed by atoms with Crippen molar-refractivity contribution in [3.8, 4) is 11.5 Å². The summed E-state index contributed by atoms with van der Waals surface area (Å²) in [7, 11) is 0. The molecule has 3 nitrogen and oxygen atoms in total. The van der Waals surface area contributed by atoms with E-state index < -0.39 is 6.10 Å². The number of ketones is 1. The van der Waals surface area contributed by atoms with Crippen LogP contribution in [0.1, 0.15) is 38.5 Å². The number of rotatable bonds is 3. The molecule has 0 aromatic heterocycles. The third kappa shape index (κ3) is 2.91. The first-order chi connectivity index (χ1) is 9.33. The average Bonchev–Trinajstić information content (AvgIpc) is 2.48. The van der Waals surface area contributed by atoms with E-state index in [4.69, 9.17) is 9.47 Å². The van der Waals surface area contributed by atoms with E-state index in [-0.39, 0.29) is 5.78 Å². The van der Waals surface area contributed by atoms with E-state index in [1.165, 1.54) is 32.1 Å². The largest absolute Gasteiger partial charge is 0.485 e. The predicted molar refractivity (Wildman–Crippen MR) is 72.6 cm³/mol. The van der Waals surface area contributed by atoms with Gasteiger partial charge in [-0.1, -0.05) is 44.2 Å². The molecule has 1 aliphatic carbocycles. The first kappa shape index (κ1) is 12.5. The summed E-state index contributed by atoms with van der Waals surface area (Å²) in [6, 6.07) is 7.54. The number of Topliss-reactive ketones (excluding diaryl/α,β-unsaturated/α-hetero) is 1. The molecule has 0 bridgehead atoms. The molecular formula is C16H20O3. The van der Waals surface area contributed by atoms with Gasteiger partial charge < -0.3 is 9.47 Å². The van der Waals surface area contributed by atoms with Crippen molar-refractivity contribution in [1.82, 2.24) is 0 Å². The fourth-order valence-corrected chi connectivity index (χ4v) is 2.99. The molecular weight excluding hydrogens is 240 g/mol. The second-order valence-electron chi connectivity index (χ2n) is 5.54. The van der Waals surface area contributed by atoms with Gasteiger partial charge >= 0.3 is 0 Å². The highest BCUT2D eigenvalue weighted by atomic mass is 16.6. The van der Waals surface area contributed by atoms with E-state index in [9.17, 15) is 4.79 Å². The maximum atomic E-state index is 12.3. The van der Waals surface area contributed by atoms with Gasteiger partial charge in [-0.2, -0.15) is 0 Å². The van der Waals surface area contributed by atoms with Crippen molar-refractivity contribution in [2.24, 2.45) is 5.92 Å². The van der Waals surface area contributed by atoms with Crippen LogP contribution < -0.4 is 9.47 Å². The van der Waals surface area contributed by atoms with Crippen molar-refractivity contribution in [2.75, 3.05) is 6.61 Å². The monoisotopic (exact) mass is 260 g/mol. The van der Waals surface area contributed by atoms with E-state index in [0.717, 1.165) is 5.75 Å². The number of hydrogen-bond donors (Lipinski definition) is 0. The van der Waals surface area contributed by atoms with Crippen LogP contribution in [0.5, 0.6) is 11.5 Å². The number of carbonyl (C=O) groups is 1. The quantitative estimate of drug-likeness (QED) is 0.836. The van der Waals surface area contributed by atoms with Crippen LogP contribution in [0.2, 0.25) is 0 Å². The molecule has 0 radical (unpaired) electrons. The Labute approximate surface area is 113 Å². The number of fused-ring (bicyclic) bond motifs is 1. The molecule has 1 fully saturated rings. The van der Waals surface area contributed by atoms with Crippen molar-refractivity contribution in [3.63, 3.8) is 0 Å². The van der Waals surface area contributed by atoms with Crippen LogP contribution in [0, 0.1) is 5.92 Å². The Morgan fingerprint density at radius 1 is 1.11 bits per heavy atom. The van der Waals surface area contributed by atoms with E-state index >= 15 is 0 Å².